The number of anilines is 2. The number of sulfonamides is 1. The zero-order valence-corrected chi connectivity index (χ0v) is 15.8. The van der Waals surface area contributed by atoms with Crippen LogP contribution in [0.15, 0.2) is 41.3 Å². The van der Waals surface area contributed by atoms with E-state index in [1.807, 2.05) is 24.3 Å². The van der Waals surface area contributed by atoms with Crippen molar-refractivity contribution in [3.05, 3.63) is 53.1 Å². The van der Waals surface area contributed by atoms with E-state index in [4.69, 9.17) is 5.14 Å². The van der Waals surface area contributed by atoms with Gasteiger partial charge in [0.2, 0.25) is 10.0 Å². The molecule has 0 saturated carbocycles. The number of hydrogen-bond donors (Lipinski definition) is 2. The molecule has 3 rings (SSSR count). The number of nitrogens with zero attached hydrogens (tertiary/aromatic N) is 1. The molecule has 1 aliphatic rings. The highest BCUT2D eigenvalue weighted by molar-refractivity contribution is 7.89. The van der Waals surface area contributed by atoms with Gasteiger partial charge in [-0.1, -0.05) is 12.1 Å². The Morgan fingerprint density at radius 3 is 2.42 bits per heavy atom. The first-order valence-corrected chi connectivity index (χ1v) is 10.1. The molecule has 1 heterocycles. The maximum Gasteiger partial charge on any atom is 0.255 e. The second-order valence-corrected chi connectivity index (χ2v) is 8.16. The van der Waals surface area contributed by atoms with Crippen LogP contribution in [0.5, 0.6) is 0 Å². The molecule has 0 aromatic heterocycles. The maximum atomic E-state index is 12.8. The summed E-state index contributed by atoms with van der Waals surface area (Å²) >= 11 is 0. The Morgan fingerprint density at radius 2 is 1.77 bits per heavy atom. The highest BCUT2D eigenvalue weighted by Gasteiger charge is 2.20. The van der Waals surface area contributed by atoms with E-state index in [0.717, 1.165) is 37.3 Å². The quantitative estimate of drug-likeness (QED) is 0.862. The van der Waals surface area contributed by atoms with Crippen LogP contribution in [0.3, 0.4) is 0 Å². The molecule has 1 fully saturated rings. The first kappa shape index (κ1) is 18.4. The molecule has 0 spiro atoms. The summed E-state index contributed by atoms with van der Waals surface area (Å²) in [4.78, 5) is 15.0. The lowest BCUT2D eigenvalue weighted by molar-refractivity contribution is 0.102. The minimum Gasteiger partial charge on any atom is -0.370 e. The molecule has 6 nitrogen and oxygen atoms in total. The molecule has 0 atom stereocenters. The number of nitrogens with two attached hydrogens (primary N) is 1. The van der Waals surface area contributed by atoms with Crippen molar-refractivity contribution in [1.82, 2.24) is 0 Å². The molecule has 0 aliphatic carbocycles. The first-order chi connectivity index (χ1) is 12.3. The zero-order valence-electron chi connectivity index (χ0n) is 15.0. The van der Waals surface area contributed by atoms with Crippen LogP contribution in [0.25, 0.3) is 0 Å². The summed E-state index contributed by atoms with van der Waals surface area (Å²) in [5.41, 5.74) is 3.23. The van der Waals surface area contributed by atoms with Crippen LogP contribution < -0.4 is 15.4 Å². The summed E-state index contributed by atoms with van der Waals surface area (Å²) in [7, 11) is -3.89. The number of rotatable bonds is 4. The van der Waals surface area contributed by atoms with E-state index in [2.05, 4.69) is 10.2 Å². The van der Waals surface area contributed by atoms with Crippen LogP contribution in [0.4, 0.5) is 11.4 Å². The van der Waals surface area contributed by atoms with E-state index >= 15 is 0 Å². The van der Waals surface area contributed by atoms with Crippen molar-refractivity contribution in [2.75, 3.05) is 23.3 Å². The van der Waals surface area contributed by atoms with Crippen molar-refractivity contribution in [2.45, 2.75) is 31.6 Å². The predicted octanol–water partition coefficient (Wildman–Crippen LogP) is 2.80. The lowest BCUT2D eigenvalue weighted by Crippen LogP contribution is -2.21. The van der Waals surface area contributed by atoms with Gasteiger partial charge in [-0.3, -0.25) is 4.79 Å². The molecule has 3 N–H and O–H groups in total. The van der Waals surface area contributed by atoms with E-state index in [-0.39, 0.29) is 16.4 Å². The highest BCUT2D eigenvalue weighted by atomic mass is 32.2. The van der Waals surface area contributed by atoms with E-state index in [1.165, 1.54) is 6.07 Å². The fraction of sp³-hybridized carbons (Fsp3) is 0.316. The van der Waals surface area contributed by atoms with E-state index in [1.54, 1.807) is 19.9 Å². The third-order valence-electron chi connectivity index (χ3n) is 4.79. The molecule has 1 saturated heterocycles. The number of amides is 1. The summed E-state index contributed by atoms with van der Waals surface area (Å²) in [6.07, 6.45) is 2.27. The molecule has 1 amide bonds. The molecule has 0 bridgehead atoms. The van der Waals surface area contributed by atoms with Gasteiger partial charge in [0, 0.05) is 18.7 Å². The van der Waals surface area contributed by atoms with Crippen LogP contribution in [0, 0.1) is 13.8 Å². The highest BCUT2D eigenvalue weighted by Crippen LogP contribution is 2.29. The van der Waals surface area contributed by atoms with Gasteiger partial charge in [-0.05, 0) is 62.1 Å². The Hall–Kier alpha value is -2.38. The SMILES string of the molecule is Cc1cc(C(=O)Nc2ccccc2N2CCCC2)cc(S(N)(=O)=O)c1C. The normalized spacial score (nSPS) is 14.5. The van der Waals surface area contributed by atoms with E-state index in [0.29, 0.717) is 11.1 Å². The Balaban J connectivity index is 1.94. The van der Waals surface area contributed by atoms with Crippen molar-refractivity contribution in [2.24, 2.45) is 5.14 Å². The molecule has 138 valence electrons. The second-order valence-electron chi connectivity index (χ2n) is 6.63. The van der Waals surface area contributed by atoms with Gasteiger partial charge < -0.3 is 10.2 Å². The van der Waals surface area contributed by atoms with Crippen molar-refractivity contribution in [1.29, 1.82) is 0 Å². The first-order valence-electron chi connectivity index (χ1n) is 8.57. The van der Waals surface area contributed by atoms with Crippen LogP contribution >= 0.6 is 0 Å². The van der Waals surface area contributed by atoms with Crippen molar-refractivity contribution < 1.29 is 13.2 Å². The largest absolute Gasteiger partial charge is 0.370 e. The molecule has 0 unspecified atom stereocenters. The monoisotopic (exact) mass is 373 g/mol. The van der Waals surface area contributed by atoms with Gasteiger partial charge in [0.1, 0.15) is 0 Å². The third-order valence-corrected chi connectivity index (χ3v) is 5.82. The van der Waals surface area contributed by atoms with Gasteiger partial charge in [0.05, 0.1) is 16.3 Å². The summed E-state index contributed by atoms with van der Waals surface area (Å²) in [5.74, 6) is -0.357. The van der Waals surface area contributed by atoms with Crippen LogP contribution in [-0.2, 0) is 10.0 Å². The molecule has 7 heteroatoms. The summed E-state index contributed by atoms with van der Waals surface area (Å²) in [6, 6.07) is 10.7. The molecular formula is C19H23N3O3S. The van der Waals surface area contributed by atoms with Gasteiger partial charge in [-0.2, -0.15) is 0 Å². The zero-order chi connectivity index (χ0) is 18.9. The number of hydrogen-bond acceptors (Lipinski definition) is 4. The lowest BCUT2D eigenvalue weighted by atomic mass is 10.1. The van der Waals surface area contributed by atoms with Gasteiger partial charge in [0.15, 0.2) is 0 Å². The number of benzene rings is 2. The average molecular weight is 373 g/mol. The Labute approximate surface area is 154 Å². The molecule has 2 aromatic rings. The number of carbonyl (C=O) groups excluding carboxylic acids is 1. The number of para-hydroxylation sites is 2. The van der Waals surface area contributed by atoms with E-state index < -0.39 is 10.0 Å². The minimum absolute atomic E-state index is 0.0181. The number of nitrogens with one attached hydrogen (secondary N) is 1. The lowest BCUT2D eigenvalue weighted by Gasteiger charge is -2.21. The summed E-state index contributed by atoms with van der Waals surface area (Å²) < 4.78 is 23.6. The molecule has 26 heavy (non-hydrogen) atoms. The summed E-state index contributed by atoms with van der Waals surface area (Å²) in [6.45, 7) is 5.37. The third kappa shape index (κ3) is 3.73. The Kier molecular flexibility index (Phi) is 5.02. The van der Waals surface area contributed by atoms with Crippen molar-refractivity contribution >= 4 is 27.3 Å². The Bertz CT molecular complexity index is 948. The van der Waals surface area contributed by atoms with Gasteiger partial charge in [-0.15, -0.1) is 0 Å². The van der Waals surface area contributed by atoms with Crippen molar-refractivity contribution in [3.63, 3.8) is 0 Å². The topological polar surface area (TPSA) is 92.5 Å². The summed E-state index contributed by atoms with van der Waals surface area (Å²) in [5, 5.41) is 8.20. The number of aryl methyl sites for hydroxylation is 1. The number of carbonyl (C=O) groups is 1. The molecule has 1 aliphatic heterocycles. The van der Waals surface area contributed by atoms with Crippen LogP contribution in [0.1, 0.15) is 34.3 Å². The van der Waals surface area contributed by atoms with Crippen molar-refractivity contribution in [3.8, 4) is 0 Å². The fourth-order valence-corrected chi connectivity index (χ4v) is 4.14. The van der Waals surface area contributed by atoms with Crippen LogP contribution in [0.2, 0.25) is 0 Å². The minimum atomic E-state index is -3.89. The predicted molar refractivity (Wildman–Crippen MR) is 103 cm³/mol. The molecular weight excluding hydrogens is 350 g/mol. The average Bonchev–Trinajstić information content (AvgIpc) is 3.11. The van der Waals surface area contributed by atoms with Gasteiger partial charge in [-0.25, -0.2) is 13.6 Å². The van der Waals surface area contributed by atoms with Crippen LogP contribution in [-0.4, -0.2) is 27.4 Å². The van der Waals surface area contributed by atoms with Gasteiger partial charge >= 0.3 is 0 Å². The van der Waals surface area contributed by atoms with Gasteiger partial charge in [0.25, 0.3) is 5.91 Å². The second kappa shape index (κ2) is 7.09. The Morgan fingerprint density at radius 1 is 1.12 bits per heavy atom. The fourth-order valence-electron chi connectivity index (χ4n) is 3.26. The maximum absolute atomic E-state index is 12.8. The molecule has 2 aromatic carbocycles. The standard InChI is InChI=1S/C19H23N3O3S/c1-13-11-15(12-18(14(13)2)26(20,24)25)19(23)21-16-7-3-4-8-17(16)22-9-5-6-10-22/h3-4,7-8,11-12H,5-6,9-10H2,1-2H3,(H,21,23)(H2,20,24,25). The smallest absolute Gasteiger partial charge is 0.255 e. The van der Waals surface area contributed by atoms with E-state index in [9.17, 15) is 13.2 Å². The number of primary sulfonamides is 1. The molecule has 0 radical (unpaired) electrons.